The second kappa shape index (κ2) is 7.87. The van der Waals surface area contributed by atoms with Gasteiger partial charge in [-0.2, -0.15) is 0 Å². The highest BCUT2D eigenvalue weighted by Gasteiger charge is 2.15. The molecule has 0 heterocycles. The molecule has 0 saturated carbocycles. The van der Waals surface area contributed by atoms with Crippen molar-refractivity contribution < 1.29 is 9.59 Å². The number of carbonyl (C=O) groups excluding carboxylic acids is 2. The van der Waals surface area contributed by atoms with Crippen molar-refractivity contribution in [3.8, 4) is 0 Å². The van der Waals surface area contributed by atoms with E-state index in [2.05, 4.69) is 10.6 Å². The first-order valence-corrected chi connectivity index (χ1v) is 6.79. The van der Waals surface area contributed by atoms with E-state index >= 15 is 0 Å². The number of benzene rings is 1. The van der Waals surface area contributed by atoms with Crippen LogP contribution >= 0.6 is 11.6 Å². The number of carbonyl (C=O) groups is 2. The minimum absolute atomic E-state index is 0.129. The van der Waals surface area contributed by atoms with E-state index in [0.717, 1.165) is 13.0 Å². The summed E-state index contributed by atoms with van der Waals surface area (Å²) in [7, 11) is 5.16. The van der Waals surface area contributed by atoms with Crippen LogP contribution in [0.1, 0.15) is 23.2 Å². The lowest BCUT2D eigenvalue weighted by Crippen LogP contribution is -2.24. The number of nitrogens with one attached hydrogen (secondary N) is 2. The van der Waals surface area contributed by atoms with Crippen molar-refractivity contribution in [2.24, 2.45) is 0 Å². The fourth-order valence-electron chi connectivity index (χ4n) is 1.69. The Morgan fingerprint density at radius 2 is 2.00 bits per heavy atom. The smallest absolute Gasteiger partial charge is 0.255 e. The van der Waals surface area contributed by atoms with Crippen LogP contribution in [0.2, 0.25) is 5.02 Å². The van der Waals surface area contributed by atoms with E-state index in [9.17, 15) is 9.59 Å². The van der Waals surface area contributed by atoms with Crippen LogP contribution in [0.15, 0.2) is 18.2 Å². The fourth-order valence-corrected chi connectivity index (χ4v) is 1.86. The maximum Gasteiger partial charge on any atom is 0.255 e. The van der Waals surface area contributed by atoms with Gasteiger partial charge in [0.25, 0.3) is 5.91 Å². The third kappa shape index (κ3) is 4.83. The minimum atomic E-state index is -0.174. The van der Waals surface area contributed by atoms with Gasteiger partial charge in [0, 0.05) is 25.5 Å². The Morgan fingerprint density at radius 1 is 1.30 bits per heavy atom. The van der Waals surface area contributed by atoms with Crippen LogP contribution in [0.4, 0.5) is 5.69 Å². The highest BCUT2D eigenvalue weighted by Crippen LogP contribution is 2.22. The summed E-state index contributed by atoms with van der Waals surface area (Å²) in [4.78, 5) is 25.3. The van der Waals surface area contributed by atoms with Crippen molar-refractivity contribution in [2.75, 3.05) is 33.0 Å². The first-order valence-electron chi connectivity index (χ1n) is 6.41. The maximum absolute atomic E-state index is 12.0. The van der Waals surface area contributed by atoms with E-state index in [1.807, 2.05) is 7.05 Å². The molecular weight excluding hydrogens is 278 g/mol. The molecule has 0 saturated heterocycles. The van der Waals surface area contributed by atoms with Crippen molar-refractivity contribution in [3.63, 3.8) is 0 Å². The van der Waals surface area contributed by atoms with E-state index in [0.29, 0.717) is 22.7 Å². The molecule has 0 atom stereocenters. The van der Waals surface area contributed by atoms with Gasteiger partial charge in [-0.15, -0.1) is 0 Å². The van der Waals surface area contributed by atoms with Crippen molar-refractivity contribution in [1.82, 2.24) is 10.2 Å². The van der Waals surface area contributed by atoms with E-state index in [1.165, 1.54) is 4.90 Å². The number of hydrogen-bond acceptors (Lipinski definition) is 3. The standard InChI is InChI=1S/C14H20ClN3O2/c1-16-8-4-5-13(19)17-12-9-10(15)6-7-11(12)14(20)18(2)3/h6-7,9,16H,4-5,8H2,1-3H3,(H,17,19). The van der Waals surface area contributed by atoms with Crippen LogP contribution in [0.5, 0.6) is 0 Å². The zero-order valence-electron chi connectivity index (χ0n) is 12.0. The summed E-state index contributed by atoms with van der Waals surface area (Å²) in [5, 5.41) is 6.20. The summed E-state index contributed by atoms with van der Waals surface area (Å²) < 4.78 is 0. The second-order valence-electron chi connectivity index (χ2n) is 4.64. The summed E-state index contributed by atoms with van der Waals surface area (Å²) in [5.74, 6) is -0.303. The first-order chi connectivity index (χ1) is 9.45. The molecule has 0 aliphatic heterocycles. The number of amides is 2. The minimum Gasteiger partial charge on any atom is -0.345 e. The molecule has 1 aromatic carbocycles. The third-order valence-electron chi connectivity index (χ3n) is 2.72. The van der Waals surface area contributed by atoms with Crippen LogP contribution in [0.25, 0.3) is 0 Å². The van der Waals surface area contributed by atoms with Gasteiger partial charge in [-0.05, 0) is 38.2 Å². The molecule has 2 N–H and O–H groups in total. The molecule has 0 spiro atoms. The fraction of sp³-hybridized carbons (Fsp3) is 0.429. The van der Waals surface area contributed by atoms with Crippen LogP contribution in [-0.4, -0.2) is 44.4 Å². The van der Waals surface area contributed by atoms with Crippen LogP contribution in [-0.2, 0) is 4.79 Å². The molecule has 5 nitrogen and oxygen atoms in total. The Bertz CT molecular complexity index is 489. The van der Waals surface area contributed by atoms with E-state index < -0.39 is 0 Å². The summed E-state index contributed by atoms with van der Waals surface area (Å²) in [5.41, 5.74) is 0.882. The van der Waals surface area contributed by atoms with Crippen LogP contribution < -0.4 is 10.6 Å². The largest absolute Gasteiger partial charge is 0.345 e. The van der Waals surface area contributed by atoms with Gasteiger partial charge in [-0.3, -0.25) is 9.59 Å². The SMILES string of the molecule is CNCCCC(=O)Nc1cc(Cl)ccc1C(=O)N(C)C. The molecule has 0 radical (unpaired) electrons. The molecule has 110 valence electrons. The quantitative estimate of drug-likeness (QED) is 0.789. The Morgan fingerprint density at radius 3 is 2.60 bits per heavy atom. The van der Waals surface area contributed by atoms with Crippen LogP contribution in [0, 0.1) is 0 Å². The van der Waals surface area contributed by atoms with Crippen molar-refractivity contribution in [1.29, 1.82) is 0 Å². The Kier molecular flexibility index (Phi) is 6.48. The summed E-state index contributed by atoms with van der Waals surface area (Å²) in [6.07, 6.45) is 1.13. The van der Waals surface area contributed by atoms with Crippen molar-refractivity contribution in [2.45, 2.75) is 12.8 Å². The number of halogens is 1. The Hall–Kier alpha value is -1.59. The third-order valence-corrected chi connectivity index (χ3v) is 2.96. The molecule has 0 aromatic heterocycles. The highest BCUT2D eigenvalue weighted by atomic mass is 35.5. The zero-order valence-corrected chi connectivity index (χ0v) is 12.8. The number of nitrogens with zero attached hydrogens (tertiary/aromatic N) is 1. The average molecular weight is 298 g/mol. The molecule has 0 aliphatic carbocycles. The lowest BCUT2D eigenvalue weighted by Gasteiger charge is -2.15. The molecule has 1 aromatic rings. The summed E-state index contributed by atoms with van der Waals surface area (Å²) >= 11 is 5.93. The van der Waals surface area contributed by atoms with Gasteiger partial charge >= 0.3 is 0 Å². The molecule has 6 heteroatoms. The highest BCUT2D eigenvalue weighted by molar-refractivity contribution is 6.31. The van der Waals surface area contributed by atoms with Gasteiger partial charge in [0.1, 0.15) is 0 Å². The molecule has 0 fully saturated rings. The zero-order chi connectivity index (χ0) is 15.1. The predicted octanol–water partition coefficient (Wildman–Crippen LogP) is 1.98. The molecule has 0 aliphatic rings. The second-order valence-corrected chi connectivity index (χ2v) is 5.08. The van der Waals surface area contributed by atoms with Crippen molar-refractivity contribution >= 4 is 29.1 Å². The monoisotopic (exact) mass is 297 g/mol. The topological polar surface area (TPSA) is 61.4 Å². The summed E-state index contributed by atoms with van der Waals surface area (Å²) in [6.45, 7) is 0.770. The van der Waals surface area contributed by atoms with Gasteiger partial charge in [-0.25, -0.2) is 0 Å². The number of anilines is 1. The molecule has 1 rings (SSSR count). The molecular formula is C14H20ClN3O2. The Labute approximate surface area is 124 Å². The average Bonchev–Trinajstić information content (AvgIpc) is 2.38. The van der Waals surface area contributed by atoms with Crippen molar-refractivity contribution in [3.05, 3.63) is 28.8 Å². The van der Waals surface area contributed by atoms with E-state index in [-0.39, 0.29) is 11.8 Å². The van der Waals surface area contributed by atoms with Gasteiger partial charge in [-0.1, -0.05) is 11.6 Å². The lowest BCUT2D eigenvalue weighted by molar-refractivity contribution is -0.116. The Balaban J connectivity index is 2.84. The predicted molar refractivity (Wildman–Crippen MR) is 81.3 cm³/mol. The van der Waals surface area contributed by atoms with Gasteiger partial charge < -0.3 is 15.5 Å². The lowest BCUT2D eigenvalue weighted by atomic mass is 10.1. The number of rotatable bonds is 6. The van der Waals surface area contributed by atoms with Gasteiger partial charge in [0.2, 0.25) is 5.91 Å². The van der Waals surface area contributed by atoms with E-state index in [4.69, 9.17) is 11.6 Å². The molecule has 0 bridgehead atoms. The molecule has 2 amide bonds. The summed E-state index contributed by atoms with van der Waals surface area (Å²) in [6, 6.07) is 4.84. The number of hydrogen-bond donors (Lipinski definition) is 2. The normalized spacial score (nSPS) is 10.2. The van der Waals surface area contributed by atoms with Gasteiger partial charge in [0.05, 0.1) is 11.3 Å². The molecule has 20 heavy (non-hydrogen) atoms. The van der Waals surface area contributed by atoms with Crippen LogP contribution in [0.3, 0.4) is 0 Å². The van der Waals surface area contributed by atoms with Gasteiger partial charge in [0.15, 0.2) is 0 Å². The molecule has 0 unspecified atom stereocenters. The first kappa shape index (κ1) is 16.5. The maximum atomic E-state index is 12.0. The van der Waals surface area contributed by atoms with E-state index in [1.54, 1.807) is 32.3 Å².